The molecular weight excluding hydrogens is 270 g/mol. The van der Waals surface area contributed by atoms with Gasteiger partial charge in [0.25, 0.3) is 0 Å². The third-order valence-electron chi connectivity index (χ3n) is 4.11. The van der Waals surface area contributed by atoms with E-state index in [-0.39, 0.29) is 11.8 Å². The van der Waals surface area contributed by atoms with Crippen LogP contribution in [0.15, 0.2) is 0 Å². The van der Waals surface area contributed by atoms with Gasteiger partial charge < -0.3 is 15.2 Å². The van der Waals surface area contributed by atoms with Gasteiger partial charge in [-0.2, -0.15) is 0 Å². The quantitative estimate of drug-likeness (QED) is 0.641. The zero-order valence-electron chi connectivity index (χ0n) is 13.4. The molecule has 1 amide bonds. The largest absolute Gasteiger partial charge is 0.481 e. The number of ether oxygens (including phenoxy) is 1. The minimum absolute atomic E-state index is 0.109. The van der Waals surface area contributed by atoms with Crippen molar-refractivity contribution in [3.8, 4) is 0 Å². The van der Waals surface area contributed by atoms with Gasteiger partial charge in [-0.25, -0.2) is 0 Å². The molecule has 5 heteroatoms. The highest BCUT2D eigenvalue weighted by molar-refractivity contribution is 5.85. The fourth-order valence-electron chi connectivity index (χ4n) is 2.87. The molecular formula is C16H29NO4. The molecule has 1 aliphatic carbocycles. The Morgan fingerprint density at radius 2 is 1.95 bits per heavy atom. The Labute approximate surface area is 127 Å². The maximum Gasteiger partial charge on any atom is 0.307 e. The van der Waals surface area contributed by atoms with Crippen LogP contribution in [0.25, 0.3) is 0 Å². The van der Waals surface area contributed by atoms with E-state index in [0.29, 0.717) is 37.8 Å². The van der Waals surface area contributed by atoms with Gasteiger partial charge in [0, 0.05) is 19.8 Å². The molecule has 3 unspecified atom stereocenters. The van der Waals surface area contributed by atoms with Crippen LogP contribution in [0.5, 0.6) is 0 Å². The molecule has 5 nitrogen and oxygen atoms in total. The number of rotatable bonds is 9. The lowest BCUT2D eigenvalue weighted by atomic mass is 9.95. The Morgan fingerprint density at radius 3 is 2.52 bits per heavy atom. The number of amides is 1. The minimum atomic E-state index is -0.841. The van der Waals surface area contributed by atoms with Gasteiger partial charge >= 0.3 is 5.97 Å². The van der Waals surface area contributed by atoms with Crippen LogP contribution < -0.4 is 5.32 Å². The molecule has 122 valence electrons. The van der Waals surface area contributed by atoms with Crippen LogP contribution in [-0.2, 0) is 14.3 Å². The van der Waals surface area contributed by atoms with E-state index < -0.39 is 11.9 Å². The van der Waals surface area contributed by atoms with Crippen molar-refractivity contribution in [3.63, 3.8) is 0 Å². The van der Waals surface area contributed by atoms with Gasteiger partial charge in [0.1, 0.15) is 0 Å². The Hall–Kier alpha value is -1.10. The zero-order valence-corrected chi connectivity index (χ0v) is 13.4. The fourth-order valence-corrected chi connectivity index (χ4v) is 2.87. The smallest absolute Gasteiger partial charge is 0.307 e. The molecule has 0 aromatic rings. The summed E-state index contributed by atoms with van der Waals surface area (Å²) < 4.78 is 5.45. The predicted octanol–water partition coefficient (Wildman–Crippen LogP) is 2.30. The summed E-state index contributed by atoms with van der Waals surface area (Å²) in [6.07, 6.45) is 3.03. The number of carbonyl (C=O) groups is 2. The van der Waals surface area contributed by atoms with E-state index >= 15 is 0 Å². The van der Waals surface area contributed by atoms with Crippen molar-refractivity contribution in [1.29, 1.82) is 0 Å². The van der Waals surface area contributed by atoms with Crippen LogP contribution in [0.2, 0.25) is 0 Å². The van der Waals surface area contributed by atoms with Crippen molar-refractivity contribution in [2.24, 2.45) is 23.7 Å². The van der Waals surface area contributed by atoms with Gasteiger partial charge in [0.15, 0.2) is 0 Å². The Morgan fingerprint density at radius 1 is 1.29 bits per heavy atom. The van der Waals surface area contributed by atoms with Gasteiger partial charge in [-0.05, 0) is 31.1 Å². The van der Waals surface area contributed by atoms with E-state index in [0.717, 1.165) is 19.4 Å². The highest BCUT2D eigenvalue weighted by Gasteiger charge is 2.41. The van der Waals surface area contributed by atoms with Crippen LogP contribution in [-0.4, -0.2) is 36.7 Å². The molecule has 0 heterocycles. The number of carboxylic acid groups (broad SMARTS) is 1. The lowest BCUT2D eigenvalue weighted by molar-refractivity contribution is -0.146. The molecule has 0 bridgehead atoms. The monoisotopic (exact) mass is 299 g/mol. The van der Waals surface area contributed by atoms with Crippen molar-refractivity contribution >= 4 is 11.9 Å². The molecule has 1 aliphatic rings. The van der Waals surface area contributed by atoms with Crippen molar-refractivity contribution in [2.45, 2.75) is 46.5 Å². The number of nitrogens with one attached hydrogen (secondary N) is 1. The van der Waals surface area contributed by atoms with Gasteiger partial charge in [-0.1, -0.05) is 27.2 Å². The Kier molecular flexibility index (Phi) is 7.72. The van der Waals surface area contributed by atoms with Crippen molar-refractivity contribution < 1.29 is 19.4 Å². The third-order valence-corrected chi connectivity index (χ3v) is 4.11. The summed E-state index contributed by atoms with van der Waals surface area (Å²) in [6.45, 7) is 8.15. The van der Waals surface area contributed by atoms with Gasteiger partial charge in [0.05, 0.1) is 11.8 Å². The first kappa shape index (κ1) is 18.0. The van der Waals surface area contributed by atoms with Crippen molar-refractivity contribution in [3.05, 3.63) is 0 Å². The molecule has 1 fully saturated rings. The molecule has 0 saturated heterocycles. The fraction of sp³-hybridized carbons (Fsp3) is 0.875. The van der Waals surface area contributed by atoms with Crippen LogP contribution in [0.3, 0.4) is 0 Å². The first-order valence-electron chi connectivity index (χ1n) is 8.03. The average Bonchev–Trinajstić information content (AvgIpc) is 2.86. The molecule has 1 rings (SSSR count). The number of hydrogen-bond acceptors (Lipinski definition) is 3. The summed E-state index contributed by atoms with van der Waals surface area (Å²) in [7, 11) is 0. The molecule has 0 aromatic carbocycles. The molecule has 1 saturated carbocycles. The zero-order chi connectivity index (χ0) is 15.8. The molecule has 21 heavy (non-hydrogen) atoms. The molecule has 2 N–H and O–H groups in total. The van der Waals surface area contributed by atoms with E-state index in [1.807, 2.05) is 0 Å². The molecule has 0 radical (unpaired) electrons. The number of carbonyl (C=O) groups excluding carboxylic acids is 1. The van der Waals surface area contributed by atoms with Gasteiger partial charge in [0.2, 0.25) is 5.91 Å². The Balaban J connectivity index is 2.28. The van der Waals surface area contributed by atoms with Crippen LogP contribution in [0.4, 0.5) is 0 Å². The summed E-state index contributed by atoms with van der Waals surface area (Å²) in [4.78, 5) is 23.4. The van der Waals surface area contributed by atoms with E-state index in [4.69, 9.17) is 4.74 Å². The summed E-state index contributed by atoms with van der Waals surface area (Å²) in [5.74, 6) is -0.971. The third kappa shape index (κ3) is 6.04. The number of aliphatic carboxylic acids is 1. The maximum atomic E-state index is 12.1. The van der Waals surface area contributed by atoms with Gasteiger partial charge in [-0.15, -0.1) is 0 Å². The van der Waals surface area contributed by atoms with Crippen LogP contribution in [0.1, 0.15) is 46.5 Å². The predicted molar refractivity (Wildman–Crippen MR) is 80.9 cm³/mol. The second-order valence-electron chi connectivity index (χ2n) is 6.41. The topological polar surface area (TPSA) is 75.6 Å². The number of hydrogen-bond donors (Lipinski definition) is 2. The second kappa shape index (κ2) is 9.03. The van der Waals surface area contributed by atoms with Crippen molar-refractivity contribution in [2.75, 3.05) is 19.8 Å². The molecule has 3 atom stereocenters. The van der Waals surface area contributed by atoms with Crippen LogP contribution in [0, 0.1) is 23.7 Å². The molecule has 0 aliphatic heterocycles. The first-order valence-corrected chi connectivity index (χ1v) is 8.03. The Bertz CT molecular complexity index is 343. The normalized spacial score (nSPS) is 25.2. The highest BCUT2D eigenvalue weighted by atomic mass is 16.5. The molecule has 0 spiro atoms. The average molecular weight is 299 g/mol. The second-order valence-corrected chi connectivity index (χ2v) is 6.41. The lowest BCUT2D eigenvalue weighted by Gasteiger charge is -2.15. The molecule has 0 aromatic heterocycles. The highest BCUT2D eigenvalue weighted by Crippen LogP contribution is 2.38. The SMILES string of the molecule is CCC1CC(C(=O)O)C(C(=O)NCCCOCC(C)C)C1. The first-order chi connectivity index (χ1) is 9.95. The van der Waals surface area contributed by atoms with Crippen LogP contribution >= 0.6 is 0 Å². The standard InChI is InChI=1S/C16H29NO4/c1-4-12-8-13(14(9-12)16(19)20)15(18)17-6-5-7-21-10-11(2)3/h11-14H,4-10H2,1-3H3,(H,17,18)(H,19,20). The summed E-state index contributed by atoms with van der Waals surface area (Å²) >= 11 is 0. The lowest BCUT2D eigenvalue weighted by Crippen LogP contribution is -2.36. The maximum absolute atomic E-state index is 12.1. The summed E-state index contributed by atoms with van der Waals surface area (Å²) in [6, 6.07) is 0. The van der Waals surface area contributed by atoms with E-state index in [1.54, 1.807) is 0 Å². The van der Waals surface area contributed by atoms with E-state index in [2.05, 4.69) is 26.1 Å². The van der Waals surface area contributed by atoms with Crippen molar-refractivity contribution in [1.82, 2.24) is 5.32 Å². The summed E-state index contributed by atoms with van der Waals surface area (Å²) in [5.41, 5.74) is 0. The summed E-state index contributed by atoms with van der Waals surface area (Å²) in [5, 5.41) is 12.1. The number of carboxylic acids is 1. The van der Waals surface area contributed by atoms with E-state index in [9.17, 15) is 14.7 Å². The van der Waals surface area contributed by atoms with Gasteiger partial charge in [-0.3, -0.25) is 9.59 Å². The van der Waals surface area contributed by atoms with E-state index in [1.165, 1.54) is 0 Å². The minimum Gasteiger partial charge on any atom is -0.481 e.